The molecule has 3 nitrogen and oxygen atoms in total. The third-order valence-corrected chi connectivity index (χ3v) is 3.57. The second-order valence-corrected chi connectivity index (χ2v) is 4.29. The third-order valence-electron chi connectivity index (χ3n) is 2.88. The summed E-state index contributed by atoms with van der Waals surface area (Å²) in [5.41, 5.74) is 0. The topological polar surface area (TPSA) is 49.3 Å². The van der Waals surface area contributed by atoms with Gasteiger partial charge in [-0.2, -0.15) is 12.6 Å². The summed E-state index contributed by atoms with van der Waals surface area (Å²) in [6.45, 7) is 4.01. The summed E-state index contributed by atoms with van der Waals surface area (Å²) in [4.78, 5) is 10.7. The van der Waals surface area contributed by atoms with E-state index in [2.05, 4.69) is 17.9 Å². The van der Waals surface area contributed by atoms with Crippen molar-refractivity contribution in [2.24, 2.45) is 11.8 Å². The maximum Gasteiger partial charge on any atom is 0.316 e. The SMILES string of the molecule is CC(C1CCNCC1)C(S)C(=O)O. The van der Waals surface area contributed by atoms with Crippen LogP contribution in [0.15, 0.2) is 0 Å². The number of carbonyl (C=O) groups is 1. The van der Waals surface area contributed by atoms with E-state index in [-0.39, 0.29) is 5.92 Å². The largest absolute Gasteiger partial charge is 0.480 e. The number of carboxylic acids is 1. The van der Waals surface area contributed by atoms with E-state index in [1.54, 1.807) is 0 Å². The molecule has 4 heteroatoms. The van der Waals surface area contributed by atoms with E-state index in [4.69, 9.17) is 5.11 Å². The number of thiol groups is 1. The quantitative estimate of drug-likeness (QED) is 0.600. The minimum Gasteiger partial charge on any atom is -0.480 e. The number of carboxylic acid groups (broad SMARTS) is 1. The first kappa shape index (κ1) is 10.9. The van der Waals surface area contributed by atoms with Gasteiger partial charge in [-0.15, -0.1) is 0 Å². The normalized spacial score (nSPS) is 23.8. The average molecular weight is 203 g/mol. The number of rotatable bonds is 3. The van der Waals surface area contributed by atoms with Crippen LogP contribution in [0, 0.1) is 11.8 Å². The Hall–Kier alpha value is -0.220. The van der Waals surface area contributed by atoms with E-state index >= 15 is 0 Å². The molecule has 2 unspecified atom stereocenters. The summed E-state index contributed by atoms with van der Waals surface area (Å²) < 4.78 is 0. The Kier molecular flexibility index (Phi) is 4.06. The van der Waals surface area contributed by atoms with Gasteiger partial charge >= 0.3 is 5.97 Å². The smallest absolute Gasteiger partial charge is 0.316 e. The molecule has 0 aromatic heterocycles. The molecule has 1 fully saturated rings. The van der Waals surface area contributed by atoms with Crippen molar-refractivity contribution in [1.82, 2.24) is 5.32 Å². The first-order valence-electron chi connectivity index (χ1n) is 4.74. The van der Waals surface area contributed by atoms with Crippen LogP contribution in [0.4, 0.5) is 0 Å². The van der Waals surface area contributed by atoms with Crippen molar-refractivity contribution in [3.8, 4) is 0 Å². The lowest BCUT2D eigenvalue weighted by Gasteiger charge is -2.29. The lowest BCUT2D eigenvalue weighted by molar-refractivity contribution is -0.137. The van der Waals surface area contributed by atoms with Gasteiger partial charge in [0.15, 0.2) is 0 Å². The summed E-state index contributed by atoms with van der Waals surface area (Å²) in [7, 11) is 0. The van der Waals surface area contributed by atoms with Crippen molar-refractivity contribution >= 4 is 18.6 Å². The average Bonchev–Trinajstić information content (AvgIpc) is 2.17. The summed E-state index contributed by atoms with van der Waals surface area (Å²) in [6, 6.07) is 0. The van der Waals surface area contributed by atoms with Gasteiger partial charge in [-0.3, -0.25) is 4.79 Å². The summed E-state index contributed by atoms with van der Waals surface area (Å²) in [5, 5.41) is 11.5. The van der Waals surface area contributed by atoms with Crippen molar-refractivity contribution < 1.29 is 9.90 Å². The zero-order valence-corrected chi connectivity index (χ0v) is 8.76. The Bertz CT molecular complexity index is 180. The molecule has 13 heavy (non-hydrogen) atoms. The molecule has 1 aliphatic rings. The van der Waals surface area contributed by atoms with Gasteiger partial charge in [-0.25, -0.2) is 0 Å². The fourth-order valence-corrected chi connectivity index (χ4v) is 2.10. The van der Waals surface area contributed by atoms with Crippen LogP contribution in [-0.4, -0.2) is 29.4 Å². The first-order valence-corrected chi connectivity index (χ1v) is 5.26. The molecule has 0 saturated carbocycles. The highest BCUT2D eigenvalue weighted by atomic mass is 32.1. The van der Waals surface area contributed by atoms with Crippen molar-refractivity contribution in [1.29, 1.82) is 0 Å². The van der Waals surface area contributed by atoms with Crippen molar-refractivity contribution in [2.45, 2.75) is 25.0 Å². The second kappa shape index (κ2) is 4.86. The molecule has 0 radical (unpaired) electrons. The first-order chi connectivity index (χ1) is 6.13. The summed E-state index contributed by atoms with van der Waals surface area (Å²) >= 11 is 4.11. The molecule has 0 aliphatic carbocycles. The van der Waals surface area contributed by atoms with Crippen LogP contribution in [0.5, 0.6) is 0 Å². The molecule has 1 heterocycles. The van der Waals surface area contributed by atoms with Crippen LogP contribution in [0.1, 0.15) is 19.8 Å². The Morgan fingerprint density at radius 2 is 2.08 bits per heavy atom. The maximum atomic E-state index is 10.7. The fraction of sp³-hybridized carbons (Fsp3) is 0.889. The summed E-state index contributed by atoms with van der Waals surface area (Å²) in [5.74, 6) is -0.114. The predicted octanol–water partition coefficient (Wildman–Crippen LogP) is 1.01. The monoisotopic (exact) mass is 203 g/mol. The molecule has 1 saturated heterocycles. The Balaban J connectivity index is 2.44. The van der Waals surface area contributed by atoms with Gasteiger partial charge in [0.05, 0.1) is 0 Å². The number of nitrogens with one attached hydrogen (secondary N) is 1. The van der Waals surface area contributed by atoms with Crippen LogP contribution >= 0.6 is 12.6 Å². The van der Waals surface area contributed by atoms with Crippen molar-refractivity contribution in [3.05, 3.63) is 0 Å². The number of piperidine rings is 1. The van der Waals surface area contributed by atoms with E-state index < -0.39 is 11.2 Å². The second-order valence-electron chi connectivity index (χ2n) is 3.73. The lowest BCUT2D eigenvalue weighted by Crippen LogP contribution is -2.36. The zero-order chi connectivity index (χ0) is 9.84. The maximum absolute atomic E-state index is 10.7. The molecule has 0 aromatic carbocycles. The van der Waals surface area contributed by atoms with Crippen LogP contribution in [0.3, 0.4) is 0 Å². The number of hydrogen-bond donors (Lipinski definition) is 3. The van der Waals surface area contributed by atoms with Crippen molar-refractivity contribution in [3.63, 3.8) is 0 Å². The van der Waals surface area contributed by atoms with E-state index in [9.17, 15) is 4.79 Å². The molecule has 2 atom stereocenters. The molecule has 0 bridgehead atoms. The van der Waals surface area contributed by atoms with Gasteiger partial charge in [0.2, 0.25) is 0 Å². The van der Waals surface area contributed by atoms with Crippen LogP contribution < -0.4 is 5.32 Å². The van der Waals surface area contributed by atoms with Gasteiger partial charge in [-0.05, 0) is 37.8 Å². The van der Waals surface area contributed by atoms with E-state index in [1.807, 2.05) is 6.92 Å². The van der Waals surface area contributed by atoms with Gasteiger partial charge in [0, 0.05) is 0 Å². The third kappa shape index (κ3) is 2.88. The Morgan fingerprint density at radius 3 is 2.54 bits per heavy atom. The highest BCUT2D eigenvalue weighted by molar-refractivity contribution is 7.81. The lowest BCUT2D eigenvalue weighted by atomic mass is 9.84. The minimum atomic E-state index is -0.797. The summed E-state index contributed by atoms with van der Waals surface area (Å²) in [6.07, 6.45) is 2.15. The Labute approximate surface area is 84.3 Å². The van der Waals surface area contributed by atoms with Gasteiger partial charge < -0.3 is 10.4 Å². The van der Waals surface area contributed by atoms with Crippen LogP contribution in [0.2, 0.25) is 0 Å². The molecule has 1 aliphatic heterocycles. The highest BCUT2D eigenvalue weighted by Crippen LogP contribution is 2.26. The molecule has 0 spiro atoms. The van der Waals surface area contributed by atoms with Crippen LogP contribution in [0.25, 0.3) is 0 Å². The molecule has 2 N–H and O–H groups in total. The van der Waals surface area contributed by atoms with Crippen molar-refractivity contribution in [2.75, 3.05) is 13.1 Å². The van der Waals surface area contributed by atoms with E-state index in [0.29, 0.717) is 5.92 Å². The highest BCUT2D eigenvalue weighted by Gasteiger charge is 2.28. The molecular formula is C9H17NO2S. The standard InChI is InChI=1S/C9H17NO2S/c1-6(8(13)9(11)12)7-2-4-10-5-3-7/h6-8,10,13H,2-5H2,1H3,(H,11,12). The van der Waals surface area contributed by atoms with Crippen LogP contribution in [-0.2, 0) is 4.79 Å². The number of hydrogen-bond acceptors (Lipinski definition) is 3. The molecule has 76 valence electrons. The van der Waals surface area contributed by atoms with Gasteiger partial charge in [0.1, 0.15) is 5.25 Å². The number of aliphatic carboxylic acids is 1. The fourth-order valence-electron chi connectivity index (χ4n) is 1.85. The predicted molar refractivity (Wildman–Crippen MR) is 55.2 cm³/mol. The van der Waals surface area contributed by atoms with Gasteiger partial charge in [-0.1, -0.05) is 6.92 Å². The Morgan fingerprint density at radius 1 is 1.54 bits per heavy atom. The van der Waals surface area contributed by atoms with E-state index in [0.717, 1.165) is 25.9 Å². The molecule has 0 aromatic rings. The molecular weight excluding hydrogens is 186 g/mol. The zero-order valence-electron chi connectivity index (χ0n) is 7.86. The minimum absolute atomic E-state index is 0.169. The molecule has 1 rings (SSSR count). The van der Waals surface area contributed by atoms with E-state index in [1.165, 1.54) is 0 Å². The van der Waals surface area contributed by atoms with Gasteiger partial charge in [0.25, 0.3) is 0 Å². The molecule has 0 amide bonds.